The molecule has 0 aliphatic heterocycles. The molecule has 7 unspecified atom stereocenters. The predicted molar refractivity (Wildman–Crippen MR) is 108 cm³/mol. The molecule has 1 spiro atoms. The van der Waals surface area contributed by atoms with E-state index in [4.69, 9.17) is 4.74 Å². The van der Waals surface area contributed by atoms with Crippen molar-refractivity contribution >= 4 is 11.9 Å². The Kier molecular flexibility index (Phi) is 4.52. The molecule has 28 heavy (non-hydrogen) atoms. The van der Waals surface area contributed by atoms with Crippen LogP contribution in [0, 0.1) is 39.9 Å². The number of carboxylic acid groups (broad SMARTS) is 1. The van der Waals surface area contributed by atoms with E-state index in [0.29, 0.717) is 5.92 Å². The molecule has 4 heteroatoms. The third-order valence-electron chi connectivity index (χ3n) is 9.32. The molecular formula is C24H36O4. The van der Waals surface area contributed by atoms with Gasteiger partial charge in [0.15, 0.2) is 0 Å². The minimum atomic E-state index is -0.617. The minimum Gasteiger partial charge on any atom is -0.481 e. The van der Waals surface area contributed by atoms with Gasteiger partial charge in [0.1, 0.15) is 6.10 Å². The first-order valence-corrected chi connectivity index (χ1v) is 11.1. The van der Waals surface area contributed by atoms with Crippen molar-refractivity contribution in [1.82, 2.24) is 0 Å². The Balaban J connectivity index is 1.66. The molecule has 0 amide bonds. The van der Waals surface area contributed by atoms with Gasteiger partial charge in [-0.2, -0.15) is 0 Å². The van der Waals surface area contributed by atoms with Crippen LogP contribution >= 0.6 is 0 Å². The van der Waals surface area contributed by atoms with Crippen LogP contribution in [0.15, 0.2) is 12.2 Å². The molecule has 0 heterocycles. The van der Waals surface area contributed by atoms with Crippen molar-refractivity contribution in [1.29, 1.82) is 0 Å². The Morgan fingerprint density at radius 3 is 2.54 bits per heavy atom. The number of esters is 1. The summed E-state index contributed by atoms with van der Waals surface area (Å²) in [5.41, 5.74) is 0.847. The molecule has 2 bridgehead atoms. The SMILES string of the molecule is C=C1CC23CCC4C(C)(C(=O)O)CCCC4(C)C2CC1C(OC(=O)C(C)C)C3. The molecule has 0 saturated heterocycles. The van der Waals surface area contributed by atoms with Crippen molar-refractivity contribution in [3.05, 3.63) is 12.2 Å². The largest absolute Gasteiger partial charge is 0.481 e. The van der Waals surface area contributed by atoms with Crippen molar-refractivity contribution < 1.29 is 19.4 Å². The molecule has 5 fully saturated rings. The number of fused-ring (bicyclic) bond motifs is 3. The lowest BCUT2D eigenvalue weighted by atomic mass is 9.36. The highest BCUT2D eigenvalue weighted by Crippen LogP contribution is 2.72. The maximum atomic E-state index is 12.3. The molecule has 5 aliphatic rings. The van der Waals surface area contributed by atoms with Gasteiger partial charge in [0.25, 0.3) is 0 Å². The molecule has 5 saturated carbocycles. The second kappa shape index (κ2) is 6.34. The van der Waals surface area contributed by atoms with Crippen LogP contribution < -0.4 is 0 Å². The van der Waals surface area contributed by atoms with E-state index in [9.17, 15) is 14.7 Å². The van der Waals surface area contributed by atoms with Gasteiger partial charge in [-0.3, -0.25) is 9.59 Å². The molecule has 0 aromatic heterocycles. The fourth-order valence-electron chi connectivity index (χ4n) is 7.96. The number of carbonyl (C=O) groups excluding carboxylic acids is 1. The summed E-state index contributed by atoms with van der Waals surface area (Å²) in [4.78, 5) is 24.5. The van der Waals surface area contributed by atoms with Gasteiger partial charge >= 0.3 is 11.9 Å². The summed E-state index contributed by atoms with van der Waals surface area (Å²) in [6.45, 7) is 12.5. The fraction of sp³-hybridized carbons (Fsp3) is 0.833. The topological polar surface area (TPSA) is 63.6 Å². The first-order chi connectivity index (χ1) is 13.0. The Labute approximate surface area is 169 Å². The standard InChI is InChI=1S/C24H36O4/c1-14(2)20(25)28-17-13-24-10-7-18-22(4,8-6-9-23(18,5)21(26)27)19(24)11-16(17)15(3)12-24/h14,16-19H,3,6-13H2,1-2,4-5H3,(H,26,27). The van der Waals surface area contributed by atoms with Gasteiger partial charge < -0.3 is 9.84 Å². The number of carbonyl (C=O) groups is 2. The molecule has 1 N–H and O–H groups in total. The van der Waals surface area contributed by atoms with E-state index >= 15 is 0 Å². The third kappa shape index (κ3) is 2.62. The Morgan fingerprint density at radius 1 is 1.18 bits per heavy atom. The average Bonchev–Trinajstić information content (AvgIpc) is 2.60. The van der Waals surface area contributed by atoms with Crippen LogP contribution in [0.3, 0.4) is 0 Å². The van der Waals surface area contributed by atoms with Crippen LogP contribution in [-0.4, -0.2) is 23.1 Å². The van der Waals surface area contributed by atoms with Crippen molar-refractivity contribution in [2.75, 3.05) is 0 Å². The smallest absolute Gasteiger partial charge is 0.309 e. The number of ether oxygens (including phenoxy) is 1. The molecule has 0 aromatic rings. The highest BCUT2D eigenvalue weighted by Gasteiger charge is 2.66. The lowest BCUT2D eigenvalue weighted by molar-refractivity contribution is -0.209. The molecule has 0 radical (unpaired) electrons. The Bertz CT molecular complexity index is 711. The van der Waals surface area contributed by atoms with Gasteiger partial charge in [0.2, 0.25) is 0 Å². The molecule has 4 nitrogen and oxygen atoms in total. The van der Waals surface area contributed by atoms with E-state index in [0.717, 1.165) is 51.4 Å². The monoisotopic (exact) mass is 388 g/mol. The van der Waals surface area contributed by atoms with E-state index in [2.05, 4.69) is 13.5 Å². The van der Waals surface area contributed by atoms with Gasteiger partial charge in [0, 0.05) is 5.92 Å². The number of hydrogen-bond acceptors (Lipinski definition) is 3. The van der Waals surface area contributed by atoms with Crippen LogP contribution in [0.4, 0.5) is 0 Å². The molecule has 0 aromatic carbocycles. The molecule has 5 rings (SSSR count). The summed E-state index contributed by atoms with van der Waals surface area (Å²) < 4.78 is 5.96. The van der Waals surface area contributed by atoms with Crippen LogP contribution in [0.25, 0.3) is 0 Å². The van der Waals surface area contributed by atoms with Gasteiger partial charge in [-0.05, 0) is 74.5 Å². The van der Waals surface area contributed by atoms with E-state index in [-0.39, 0.29) is 40.7 Å². The predicted octanol–water partition coefficient (Wildman–Crippen LogP) is 5.22. The quantitative estimate of drug-likeness (QED) is 0.532. The van der Waals surface area contributed by atoms with E-state index in [1.54, 1.807) is 0 Å². The van der Waals surface area contributed by atoms with Crippen molar-refractivity contribution in [2.45, 2.75) is 85.2 Å². The lowest BCUT2D eigenvalue weighted by Crippen LogP contribution is -2.63. The Hall–Kier alpha value is -1.32. The van der Waals surface area contributed by atoms with Crippen LogP contribution in [0.5, 0.6) is 0 Å². The summed E-state index contributed by atoms with van der Waals surface area (Å²) in [6.07, 6.45) is 7.88. The number of aliphatic carboxylic acids is 1. The van der Waals surface area contributed by atoms with Crippen LogP contribution in [0.1, 0.15) is 79.1 Å². The van der Waals surface area contributed by atoms with Crippen molar-refractivity contribution in [3.8, 4) is 0 Å². The maximum Gasteiger partial charge on any atom is 0.309 e. The highest BCUT2D eigenvalue weighted by molar-refractivity contribution is 5.75. The summed E-state index contributed by atoms with van der Waals surface area (Å²) in [7, 11) is 0. The van der Waals surface area contributed by atoms with Gasteiger partial charge in [-0.15, -0.1) is 0 Å². The van der Waals surface area contributed by atoms with E-state index in [1.807, 2.05) is 20.8 Å². The average molecular weight is 389 g/mol. The second-order valence-electron chi connectivity index (χ2n) is 11.1. The number of carboxylic acids is 1. The molecule has 156 valence electrons. The first kappa shape index (κ1) is 20.0. The molecule has 7 atom stereocenters. The maximum absolute atomic E-state index is 12.3. The summed E-state index contributed by atoms with van der Waals surface area (Å²) in [5.74, 6) is 0.171. The zero-order chi connectivity index (χ0) is 20.5. The van der Waals surface area contributed by atoms with Crippen molar-refractivity contribution in [2.24, 2.45) is 39.9 Å². The zero-order valence-electron chi connectivity index (χ0n) is 17.9. The fourth-order valence-corrected chi connectivity index (χ4v) is 7.96. The molecular weight excluding hydrogens is 352 g/mol. The lowest BCUT2D eigenvalue weighted by Gasteiger charge is -2.68. The minimum absolute atomic E-state index is 0.0398. The Morgan fingerprint density at radius 2 is 1.89 bits per heavy atom. The zero-order valence-corrected chi connectivity index (χ0v) is 17.9. The van der Waals surface area contributed by atoms with E-state index in [1.165, 1.54) is 5.57 Å². The molecule has 5 aliphatic carbocycles. The summed E-state index contributed by atoms with van der Waals surface area (Å²) in [5, 5.41) is 10.0. The van der Waals surface area contributed by atoms with Gasteiger partial charge in [-0.1, -0.05) is 39.3 Å². The second-order valence-corrected chi connectivity index (χ2v) is 11.1. The van der Waals surface area contributed by atoms with Gasteiger partial charge in [0.05, 0.1) is 11.3 Å². The van der Waals surface area contributed by atoms with Crippen LogP contribution in [0.2, 0.25) is 0 Å². The number of rotatable bonds is 3. The normalized spacial score (nSPS) is 47.4. The third-order valence-corrected chi connectivity index (χ3v) is 9.32. The summed E-state index contributed by atoms with van der Waals surface area (Å²) >= 11 is 0. The number of hydrogen-bond donors (Lipinski definition) is 1. The van der Waals surface area contributed by atoms with Gasteiger partial charge in [-0.25, -0.2) is 0 Å². The first-order valence-electron chi connectivity index (χ1n) is 11.1. The summed E-state index contributed by atoms with van der Waals surface area (Å²) in [6, 6.07) is 0. The van der Waals surface area contributed by atoms with Crippen molar-refractivity contribution in [3.63, 3.8) is 0 Å². The van der Waals surface area contributed by atoms with Crippen LogP contribution in [-0.2, 0) is 14.3 Å². The highest BCUT2D eigenvalue weighted by atomic mass is 16.5. The van der Waals surface area contributed by atoms with E-state index < -0.39 is 11.4 Å².